The zero-order valence-electron chi connectivity index (χ0n) is 17.6. The quantitative estimate of drug-likeness (QED) is 0.810. The predicted molar refractivity (Wildman–Crippen MR) is 112 cm³/mol. The maximum Gasteiger partial charge on any atom is 0.267 e. The van der Waals surface area contributed by atoms with Crippen molar-refractivity contribution in [2.75, 3.05) is 6.61 Å². The second-order valence-corrected chi connectivity index (χ2v) is 8.52. The number of carbonyl (C=O) groups is 1. The number of amides is 1. The van der Waals surface area contributed by atoms with Crippen LogP contribution in [0, 0.1) is 0 Å². The Hall–Kier alpha value is -2.87. The number of para-hydroxylation sites is 2. The Labute approximate surface area is 180 Å². The Morgan fingerprint density at radius 1 is 1.13 bits per heavy atom. The van der Waals surface area contributed by atoms with Crippen LogP contribution >= 0.6 is 0 Å². The molecular formula is C23H27N3O5. The van der Waals surface area contributed by atoms with Gasteiger partial charge >= 0.3 is 0 Å². The number of hydrogen-bond donors (Lipinski definition) is 1. The molecule has 8 heteroatoms. The summed E-state index contributed by atoms with van der Waals surface area (Å²) in [6, 6.07) is 9.16. The molecule has 164 valence electrons. The molecular weight excluding hydrogens is 398 g/mol. The molecule has 3 heterocycles. The fraction of sp³-hybridized carbons (Fsp3) is 0.522. The minimum Gasteiger partial charge on any atom is -0.482 e. The fourth-order valence-electron chi connectivity index (χ4n) is 4.64. The molecule has 1 aliphatic carbocycles. The van der Waals surface area contributed by atoms with E-state index in [4.69, 9.17) is 14.2 Å². The molecule has 3 aliphatic rings. The molecule has 2 atom stereocenters. The monoisotopic (exact) mass is 425 g/mol. The number of hydrogen-bond acceptors (Lipinski definition) is 6. The first-order valence-corrected chi connectivity index (χ1v) is 11.0. The smallest absolute Gasteiger partial charge is 0.267 e. The minimum absolute atomic E-state index is 0.0541. The maximum atomic E-state index is 12.9. The van der Waals surface area contributed by atoms with Gasteiger partial charge in [0.15, 0.2) is 11.5 Å². The SMILES string of the molecule is CC1Oc2ccccc2OC1C(=O)NC1CCC(n2nc3c(cc2=O)COCC3)CC1. The molecule has 5 rings (SSSR count). The molecule has 0 saturated heterocycles. The van der Waals surface area contributed by atoms with Crippen molar-refractivity contribution >= 4 is 5.91 Å². The molecule has 2 unspecified atom stereocenters. The van der Waals surface area contributed by atoms with Gasteiger partial charge in [-0.25, -0.2) is 4.68 Å². The fourth-order valence-corrected chi connectivity index (χ4v) is 4.64. The first-order chi connectivity index (χ1) is 15.1. The van der Waals surface area contributed by atoms with E-state index in [1.165, 1.54) is 0 Å². The zero-order valence-corrected chi connectivity index (χ0v) is 17.6. The van der Waals surface area contributed by atoms with Crippen LogP contribution in [0.3, 0.4) is 0 Å². The summed E-state index contributed by atoms with van der Waals surface area (Å²) in [5, 5.41) is 7.75. The number of nitrogens with one attached hydrogen (secondary N) is 1. The lowest BCUT2D eigenvalue weighted by Gasteiger charge is -2.34. The average molecular weight is 425 g/mol. The summed E-state index contributed by atoms with van der Waals surface area (Å²) in [5.74, 6) is 1.09. The van der Waals surface area contributed by atoms with Crippen molar-refractivity contribution < 1.29 is 19.0 Å². The summed E-state index contributed by atoms with van der Waals surface area (Å²) in [4.78, 5) is 25.4. The van der Waals surface area contributed by atoms with E-state index in [9.17, 15) is 9.59 Å². The second kappa shape index (κ2) is 8.34. The van der Waals surface area contributed by atoms with E-state index in [1.807, 2.05) is 31.2 Å². The highest BCUT2D eigenvalue weighted by Crippen LogP contribution is 2.34. The van der Waals surface area contributed by atoms with E-state index in [0.717, 1.165) is 43.4 Å². The van der Waals surface area contributed by atoms with Crippen molar-refractivity contribution in [2.24, 2.45) is 0 Å². The summed E-state index contributed by atoms with van der Waals surface area (Å²) < 4.78 is 18.8. The third-order valence-corrected chi connectivity index (χ3v) is 6.35. The zero-order chi connectivity index (χ0) is 21.4. The summed E-state index contributed by atoms with van der Waals surface area (Å²) in [7, 11) is 0. The van der Waals surface area contributed by atoms with Crippen LogP contribution in [0.2, 0.25) is 0 Å². The average Bonchev–Trinajstić information content (AvgIpc) is 2.78. The molecule has 1 saturated carbocycles. The topological polar surface area (TPSA) is 91.7 Å². The lowest BCUT2D eigenvalue weighted by molar-refractivity contribution is -0.134. The van der Waals surface area contributed by atoms with Crippen molar-refractivity contribution in [1.82, 2.24) is 15.1 Å². The predicted octanol–water partition coefficient (Wildman–Crippen LogP) is 2.14. The van der Waals surface area contributed by atoms with Crippen LogP contribution in [0.25, 0.3) is 0 Å². The van der Waals surface area contributed by atoms with Crippen molar-refractivity contribution in [3.05, 3.63) is 51.9 Å². The Kier molecular flexibility index (Phi) is 5.40. The van der Waals surface area contributed by atoms with E-state index in [0.29, 0.717) is 24.7 Å². The van der Waals surface area contributed by atoms with Gasteiger partial charge in [0, 0.05) is 24.1 Å². The lowest BCUT2D eigenvalue weighted by Crippen LogP contribution is -2.52. The molecule has 2 aromatic rings. The third-order valence-electron chi connectivity index (χ3n) is 6.35. The van der Waals surface area contributed by atoms with Crippen LogP contribution in [-0.2, 0) is 22.6 Å². The van der Waals surface area contributed by atoms with Crippen LogP contribution < -0.4 is 20.3 Å². The molecule has 31 heavy (non-hydrogen) atoms. The molecule has 0 spiro atoms. The van der Waals surface area contributed by atoms with Gasteiger partial charge in [-0.15, -0.1) is 0 Å². The van der Waals surface area contributed by atoms with E-state index < -0.39 is 6.10 Å². The van der Waals surface area contributed by atoms with Crippen molar-refractivity contribution in [1.29, 1.82) is 0 Å². The molecule has 1 N–H and O–H groups in total. The van der Waals surface area contributed by atoms with Gasteiger partial charge in [0.05, 0.1) is 24.9 Å². The van der Waals surface area contributed by atoms with E-state index in [-0.39, 0.29) is 29.7 Å². The van der Waals surface area contributed by atoms with Gasteiger partial charge in [-0.3, -0.25) is 9.59 Å². The third kappa shape index (κ3) is 4.04. The van der Waals surface area contributed by atoms with Gasteiger partial charge < -0.3 is 19.5 Å². The molecule has 1 aromatic heterocycles. The number of fused-ring (bicyclic) bond motifs is 2. The Morgan fingerprint density at radius 2 is 1.87 bits per heavy atom. The summed E-state index contributed by atoms with van der Waals surface area (Å²) >= 11 is 0. The van der Waals surface area contributed by atoms with E-state index in [2.05, 4.69) is 10.4 Å². The van der Waals surface area contributed by atoms with Crippen LogP contribution in [0.15, 0.2) is 35.1 Å². The first kappa shape index (κ1) is 20.1. The summed E-state index contributed by atoms with van der Waals surface area (Å²) in [5.41, 5.74) is 1.79. The number of ether oxygens (including phenoxy) is 3. The van der Waals surface area contributed by atoms with Crippen molar-refractivity contribution in [3.63, 3.8) is 0 Å². The normalized spacial score (nSPS) is 27.3. The number of aromatic nitrogens is 2. The van der Waals surface area contributed by atoms with Crippen LogP contribution in [-0.4, -0.2) is 40.5 Å². The highest BCUT2D eigenvalue weighted by Gasteiger charge is 2.36. The molecule has 1 aromatic carbocycles. The Balaban J connectivity index is 1.20. The molecule has 8 nitrogen and oxygen atoms in total. The Bertz CT molecular complexity index is 1030. The molecule has 0 radical (unpaired) electrons. The van der Waals surface area contributed by atoms with Crippen LogP contribution in [0.1, 0.15) is 49.9 Å². The highest BCUT2D eigenvalue weighted by atomic mass is 16.6. The molecule has 1 fully saturated rings. The van der Waals surface area contributed by atoms with Gasteiger partial charge in [0.2, 0.25) is 6.10 Å². The van der Waals surface area contributed by atoms with Crippen LogP contribution in [0.5, 0.6) is 11.5 Å². The second-order valence-electron chi connectivity index (χ2n) is 8.52. The Morgan fingerprint density at radius 3 is 2.65 bits per heavy atom. The summed E-state index contributed by atoms with van der Waals surface area (Å²) in [6.07, 6.45) is 2.88. The van der Waals surface area contributed by atoms with Gasteiger partial charge in [0.1, 0.15) is 6.10 Å². The minimum atomic E-state index is -0.681. The first-order valence-electron chi connectivity index (χ1n) is 11.0. The number of carbonyl (C=O) groups excluding carboxylic acids is 1. The van der Waals surface area contributed by atoms with Crippen molar-refractivity contribution in [3.8, 4) is 11.5 Å². The number of rotatable bonds is 3. The summed E-state index contributed by atoms with van der Waals surface area (Å²) in [6.45, 7) is 2.95. The van der Waals surface area contributed by atoms with E-state index in [1.54, 1.807) is 10.7 Å². The molecule has 1 amide bonds. The van der Waals surface area contributed by atoms with Gasteiger partial charge in [-0.1, -0.05) is 12.1 Å². The largest absolute Gasteiger partial charge is 0.482 e. The van der Waals surface area contributed by atoms with Gasteiger partial charge in [-0.05, 0) is 44.7 Å². The number of nitrogens with zero attached hydrogens (tertiary/aromatic N) is 2. The lowest BCUT2D eigenvalue weighted by atomic mass is 9.91. The van der Waals surface area contributed by atoms with E-state index >= 15 is 0 Å². The molecule has 2 aliphatic heterocycles. The maximum absolute atomic E-state index is 12.9. The van der Waals surface area contributed by atoms with Crippen molar-refractivity contribution in [2.45, 2.75) is 69.9 Å². The molecule has 0 bridgehead atoms. The highest BCUT2D eigenvalue weighted by molar-refractivity contribution is 5.82. The van der Waals surface area contributed by atoms with Gasteiger partial charge in [0.25, 0.3) is 11.5 Å². The van der Waals surface area contributed by atoms with Crippen LogP contribution in [0.4, 0.5) is 0 Å². The van der Waals surface area contributed by atoms with Gasteiger partial charge in [-0.2, -0.15) is 5.10 Å². The number of benzene rings is 1. The standard InChI is InChI=1S/C23H27N3O5/c1-14-22(31-20-5-3-2-4-19(20)30-14)23(28)24-16-6-8-17(9-7-16)26-21(27)12-15-13-29-11-10-18(15)25-26/h2-5,12,14,16-17,22H,6-11,13H2,1H3,(H,24,28).